The van der Waals surface area contributed by atoms with Crippen molar-refractivity contribution < 1.29 is 13.6 Å². The predicted octanol–water partition coefficient (Wildman–Crippen LogP) is 5.21. The lowest BCUT2D eigenvalue weighted by atomic mass is 9.87. The minimum Gasteiger partial charge on any atom is -0.340 e. The Hall–Kier alpha value is -2.27. The number of amides is 1. The fraction of sp³-hybridized carbons (Fsp3) is 0.480. The lowest BCUT2D eigenvalue weighted by Gasteiger charge is -2.34. The van der Waals surface area contributed by atoms with Crippen molar-refractivity contribution in [3.8, 4) is 0 Å². The summed E-state index contributed by atoms with van der Waals surface area (Å²) >= 11 is 0. The van der Waals surface area contributed by atoms with Gasteiger partial charge in [-0.3, -0.25) is 9.69 Å². The Kier molecular flexibility index (Phi) is 8.38. The Morgan fingerprint density at radius 2 is 1.37 bits per heavy atom. The van der Waals surface area contributed by atoms with Gasteiger partial charge in [0.25, 0.3) is 0 Å². The molecule has 5 heteroatoms. The summed E-state index contributed by atoms with van der Waals surface area (Å²) in [4.78, 5) is 16.2. The number of rotatable bonds is 9. The number of hydrogen-bond donors (Lipinski definition) is 0. The van der Waals surface area contributed by atoms with Gasteiger partial charge in [-0.1, -0.05) is 44.0 Å². The zero-order valence-electron chi connectivity index (χ0n) is 17.8. The van der Waals surface area contributed by atoms with E-state index in [0.717, 1.165) is 69.5 Å². The van der Waals surface area contributed by atoms with E-state index >= 15 is 0 Å². The molecule has 0 atom stereocenters. The minimum atomic E-state index is -0.239. The second-order valence-electron chi connectivity index (χ2n) is 8.08. The third-order valence-corrected chi connectivity index (χ3v) is 6.04. The predicted molar refractivity (Wildman–Crippen MR) is 116 cm³/mol. The Balaban J connectivity index is 1.46. The summed E-state index contributed by atoms with van der Waals surface area (Å²) in [6, 6.07) is 13.3. The van der Waals surface area contributed by atoms with Gasteiger partial charge in [0.1, 0.15) is 11.6 Å². The fourth-order valence-corrected chi connectivity index (χ4v) is 4.22. The molecule has 1 saturated heterocycles. The van der Waals surface area contributed by atoms with E-state index < -0.39 is 0 Å². The first-order valence-electron chi connectivity index (χ1n) is 11.1. The van der Waals surface area contributed by atoms with Crippen molar-refractivity contribution in [2.45, 2.75) is 44.9 Å². The molecule has 30 heavy (non-hydrogen) atoms. The second kappa shape index (κ2) is 11.2. The highest BCUT2D eigenvalue weighted by atomic mass is 19.1. The summed E-state index contributed by atoms with van der Waals surface area (Å²) in [6.07, 6.45) is 4.85. The van der Waals surface area contributed by atoms with Crippen molar-refractivity contribution in [2.24, 2.45) is 0 Å². The highest BCUT2D eigenvalue weighted by Crippen LogP contribution is 2.30. The highest BCUT2D eigenvalue weighted by Gasteiger charge is 2.19. The number of benzene rings is 2. The van der Waals surface area contributed by atoms with E-state index in [4.69, 9.17) is 0 Å². The molecule has 162 valence electrons. The van der Waals surface area contributed by atoms with Gasteiger partial charge in [-0.2, -0.15) is 0 Å². The van der Waals surface area contributed by atoms with Gasteiger partial charge >= 0.3 is 0 Å². The maximum absolute atomic E-state index is 13.3. The van der Waals surface area contributed by atoms with Crippen LogP contribution in [0.15, 0.2) is 48.5 Å². The highest BCUT2D eigenvalue weighted by molar-refractivity contribution is 5.75. The van der Waals surface area contributed by atoms with Crippen LogP contribution >= 0.6 is 0 Å². The van der Waals surface area contributed by atoms with Crippen LogP contribution in [0.1, 0.15) is 56.1 Å². The third kappa shape index (κ3) is 6.36. The molecule has 0 bridgehead atoms. The van der Waals surface area contributed by atoms with Crippen molar-refractivity contribution >= 4 is 5.91 Å². The van der Waals surface area contributed by atoms with Crippen LogP contribution in [0.4, 0.5) is 8.78 Å². The summed E-state index contributed by atoms with van der Waals surface area (Å²) in [5.74, 6) is -0.0771. The fourth-order valence-electron chi connectivity index (χ4n) is 4.22. The molecule has 3 rings (SSSR count). The van der Waals surface area contributed by atoms with E-state index in [9.17, 15) is 13.6 Å². The monoisotopic (exact) mass is 414 g/mol. The smallest absolute Gasteiger partial charge is 0.222 e. The molecule has 0 aliphatic carbocycles. The van der Waals surface area contributed by atoms with Crippen LogP contribution in [0.3, 0.4) is 0 Å². The van der Waals surface area contributed by atoms with Crippen LogP contribution in [-0.4, -0.2) is 48.4 Å². The molecule has 0 aromatic heterocycles. The quantitative estimate of drug-likeness (QED) is 0.526. The maximum Gasteiger partial charge on any atom is 0.222 e. The molecule has 1 aliphatic heterocycles. The van der Waals surface area contributed by atoms with E-state index in [-0.39, 0.29) is 23.5 Å². The molecule has 0 spiro atoms. The molecule has 0 saturated carbocycles. The topological polar surface area (TPSA) is 23.6 Å². The van der Waals surface area contributed by atoms with Crippen LogP contribution in [-0.2, 0) is 4.79 Å². The maximum atomic E-state index is 13.3. The molecule has 2 aromatic rings. The van der Waals surface area contributed by atoms with E-state index in [1.54, 1.807) is 0 Å². The van der Waals surface area contributed by atoms with Gasteiger partial charge in [-0.25, -0.2) is 8.78 Å². The zero-order chi connectivity index (χ0) is 21.3. The summed E-state index contributed by atoms with van der Waals surface area (Å²) in [6.45, 7) is 6.57. The van der Waals surface area contributed by atoms with Crippen LogP contribution < -0.4 is 0 Å². The molecule has 2 aromatic carbocycles. The lowest BCUT2D eigenvalue weighted by molar-refractivity contribution is -0.132. The summed E-state index contributed by atoms with van der Waals surface area (Å²) in [5, 5.41) is 0. The first-order valence-corrected chi connectivity index (χ1v) is 11.1. The Labute approximate surface area is 178 Å². The average molecular weight is 415 g/mol. The number of hydrogen-bond acceptors (Lipinski definition) is 2. The number of halogens is 2. The molecular formula is C25H32F2N2O. The SMILES string of the molecule is CCC(=O)N1CCN(CCCCCC(c2ccc(F)cc2)c2ccc(F)cc2)CC1. The van der Waals surface area contributed by atoms with Crippen molar-refractivity contribution in [3.05, 3.63) is 71.3 Å². The Morgan fingerprint density at radius 3 is 1.87 bits per heavy atom. The van der Waals surface area contributed by atoms with Gasteiger partial charge in [-0.05, 0) is 54.8 Å². The average Bonchev–Trinajstić information content (AvgIpc) is 2.78. The molecule has 0 N–H and O–H groups in total. The molecule has 1 aliphatic rings. The minimum absolute atomic E-state index is 0.148. The molecule has 0 radical (unpaired) electrons. The van der Waals surface area contributed by atoms with Crippen molar-refractivity contribution in [1.82, 2.24) is 9.80 Å². The van der Waals surface area contributed by atoms with E-state index in [0.29, 0.717) is 6.42 Å². The molecule has 1 amide bonds. The van der Waals surface area contributed by atoms with Gasteiger partial charge in [0.05, 0.1) is 0 Å². The van der Waals surface area contributed by atoms with Gasteiger partial charge in [-0.15, -0.1) is 0 Å². The number of unbranched alkanes of at least 4 members (excludes halogenated alkanes) is 2. The lowest BCUT2D eigenvalue weighted by Crippen LogP contribution is -2.48. The Morgan fingerprint density at radius 1 is 0.833 bits per heavy atom. The number of carbonyl (C=O) groups excluding carboxylic acids is 1. The first-order chi connectivity index (χ1) is 14.6. The van der Waals surface area contributed by atoms with Crippen LogP contribution in [0.25, 0.3) is 0 Å². The number of piperazine rings is 1. The number of carbonyl (C=O) groups is 1. The third-order valence-electron chi connectivity index (χ3n) is 6.04. The van der Waals surface area contributed by atoms with Gasteiger partial charge in [0.15, 0.2) is 0 Å². The van der Waals surface area contributed by atoms with Crippen LogP contribution in [0.5, 0.6) is 0 Å². The molecule has 3 nitrogen and oxygen atoms in total. The van der Waals surface area contributed by atoms with Gasteiger partial charge in [0, 0.05) is 38.5 Å². The van der Waals surface area contributed by atoms with Crippen LogP contribution in [0, 0.1) is 11.6 Å². The standard InChI is InChI=1S/C25H32F2N2O/c1-2-25(30)29-18-16-28(17-19-29)15-5-3-4-6-24(20-7-11-22(26)12-8-20)21-9-13-23(27)14-10-21/h7-14,24H,2-6,15-19H2,1H3. The molecule has 1 fully saturated rings. The van der Waals surface area contributed by atoms with Crippen molar-refractivity contribution in [2.75, 3.05) is 32.7 Å². The van der Waals surface area contributed by atoms with Crippen LogP contribution in [0.2, 0.25) is 0 Å². The van der Waals surface area contributed by atoms with Gasteiger partial charge in [0.2, 0.25) is 5.91 Å². The summed E-state index contributed by atoms with van der Waals surface area (Å²) < 4.78 is 26.7. The molecule has 0 unspecified atom stereocenters. The second-order valence-corrected chi connectivity index (χ2v) is 8.08. The summed E-state index contributed by atoms with van der Waals surface area (Å²) in [5.41, 5.74) is 2.14. The Bertz CT molecular complexity index is 738. The largest absolute Gasteiger partial charge is 0.340 e. The summed E-state index contributed by atoms with van der Waals surface area (Å²) in [7, 11) is 0. The van der Waals surface area contributed by atoms with Crippen molar-refractivity contribution in [3.63, 3.8) is 0 Å². The number of nitrogens with zero attached hydrogens (tertiary/aromatic N) is 2. The molecule has 1 heterocycles. The van der Waals surface area contributed by atoms with Crippen molar-refractivity contribution in [1.29, 1.82) is 0 Å². The molecular weight excluding hydrogens is 382 g/mol. The first kappa shape index (κ1) is 22.4. The normalized spacial score (nSPS) is 15.0. The zero-order valence-corrected chi connectivity index (χ0v) is 17.8. The van der Waals surface area contributed by atoms with E-state index in [2.05, 4.69) is 4.90 Å². The van der Waals surface area contributed by atoms with E-state index in [1.165, 1.54) is 24.3 Å². The van der Waals surface area contributed by atoms with Gasteiger partial charge < -0.3 is 4.90 Å². The van der Waals surface area contributed by atoms with E-state index in [1.807, 2.05) is 36.1 Å².